The molecule has 0 aromatic heterocycles. The van der Waals surface area contributed by atoms with Crippen LogP contribution < -0.4 is 9.62 Å². The summed E-state index contributed by atoms with van der Waals surface area (Å²) < 4.78 is 25.9. The second kappa shape index (κ2) is 9.98. The quantitative estimate of drug-likeness (QED) is 0.527. The predicted octanol–water partition coefficient (Wildman–Crippen LogP) is 4.84. The minimum absolute atomic E-state index is 0.160. The molecular weight excluding hydrogens is 432 g/mol. The van der Waals surface area contributed by atoms with Gasteiger partial charge in [0.05, 0.1) is 18.5 Å². The maximum Gasteiger partial charge on any atom is 0.251 e. The number of carbonyl (C=O) groups is 1. The van der Waals surface area contributed by atoms with Crippen molar-refractivity contribution in [2.75, 3.05) is 17.1 Å². The summed E-state index contributed by atoms with van der Waals surface area (Å²) in [5.74, 6) is 0.0409. The second-order valence-electron chi connectivity index (χ2n) is 7.46. The van der Waals surface area contributed by atoms with E-state index in [0.29, 0.717) is 22.8 Å². The van der Waals surface area contributed by atoms with E-state index in [0.717, 1.165) is 11.8 Å². The van der Waals surface area contributed by atoms with E-state index < -0.39 is 10.0 Å². The molecule has 0 spiro atoms. The fourth-order valence-electron chi connectivity index (χ4n) is 3.18. The zero-order valence-electron chi connectivity index (χ0n) is 17.5. The van der Waals surface area contributed by atoms with E-state index in [1.54, 1.807) is 48.5 Å². The average Bonchev–Trinajstić information content (AvgIpc) is 2.76. The third kappa shape index (κ3) is 6.32. The number of amides is 1. The first-order valence-electron chi connectivity index (χ1n) is 9.89. The first kappa shape index (κ1) is 22.8. The van der Waals surface area contributed by atoms with Gasteiger partial charge in [0.2, 0.25) is 10.0 Å². The Labute approximate surface area is 188 Å². The minimum atomic E-state index is -3.49. The van der Waals surface area contributed by atoms with Crippen LogP contribution in [-0.4, -0.2) is 27.1 Å². The lowest BCUT2D eigenvalue weighted by Gasteiger charge is -2.22. The van der Waals surface area contributed by atoms with Crippen molar-refractivity contribution in [3.63, 3.8) is 0 Å². The lowest BCUT2D eigenvalue weighted by atomic mass is 10.0. The lowest BCUT2D eigenvalue weighted by Crippen LogP contribution is -2.29. The molecule has 3 aromatic rings. The first-order valence-corrected chi connectivity index (χ1v) is 12.1. The van der Waals surface area contributed by atoms with Crippen LogP contribution in [0.5, 0.6) is 0 Å². The van der Waals surface area contributed by atoms with E-state index in [1.807, 2.05) is 30.3 Å². The average molecular weight is 457 g/mol. The molecule has 0 radical (unpaired) electrons. The Morgan fingerprint density at radius 1 is 0.968 bits per heavy atom. The molecule has 5 nitrogen and oxygen atoms in total. The molecular formula is C24H25ClN2O3S. The van der Waals surface area contributed by atoms with E-state index in [1.165, 1.54) is 9.87 Å². The third-order valence-corrected chi connectivity index (χ3v) is 6.39. The molecule has 1 amide bonds. The summed E-state index contributed by atoms with van der Waals surface area (Å²) in [6, 6.07) is 23.6. The molecule has 7 heteroatoms. The standard InChI is InChI=1S/C24H25ClN2O3S/c1-18(20-6-4-3-5-7-20)16-26-24(28)21-10-8-19(9-11-21)17-27(31(2,29)30)23-14-12-22(25)13-15-23/h3-15,18H,16-17H2,1-2H3,(H,26,28)/t18-/m1/s1. The van der Waals surface area contributed by atoms with Crippen LogP contribution in [0.15, 0.2) is 78.9 Å². The normalized spacial score (nSPS) is 12.2. The number of benzene rings is 3. The second-order valence-corrected chi connectivity index (χ2v) is 9.81. The Kier molecular flexibility index (Phi) is 7.36. The summed E-state index contributed by atoms with van der Waals surface area (Å²) in [5, 5.41) is 3.49. The first-order chi connectivity index (χ1) is 14.7. The topological polar surface area (TPSA) is 66.5 Å². The molecule has 1 atom stereocenters. The van der Waals surface area contributed by atoms with Gasteiger partial charge in [-0.05, 0) is 53.4 Å². The third-order valence-electron chi connectivity index (χ3n) is 4.99. The van der Waals surface area contributed by atoms with Crippen LogP contribution in [0.4, 0.5) is 5.69 Å². The van der Waals surface area contributed by atoms with E-state index >= 15 is 0 Å². The van der Waals surface area contributed by atoms with Crippen molar-refractivity contribution in [1.29, 1.82) is 0 Å². The zero-order valence-corrected chi connectivity index (χ0v) is 19.0. The van der Waals surface area contributed by atoms with Crippen molar-refractivity contribution >= 4 is 33.2 Å². The molecule has 0 unspecified atom stereocenters. The summed E-state index contributed by atoms with van der Waals surface area (Å²) in [6.07, 6.45) is 1.16. The van der Waals surface area contributed by atoms with E-state index in [9.17, 15) is 13.2 Å². The fraction of sp³-hybridized carbons (Fsp3) is 0.208. The molecule has 0 saturated carbocycles. The summed E-state index contributed by atoms with van der Waals surface area (Å²) in [7, 11) is -3.49. The smallest absolute Gasteiger partial charge is 0.251 e. The highest BCUT2D eigenvalue weighted by atomic mass is 35.5. The molecule has 31 heavy (non-hydrogen) atoms. The van der Waals surface area contributed by atoms with Crippen molar-refractivity contribution in [3.8, 4) is 0 Å². The molecule has 3 rings (SSSR count). The number of anilines is 1. The van der Waals surface area contributed by atoms with Gasteiger partial charge in [0.1, 0.15) is 0 Å². The van der Waals surface area contributed by atoms with Gasteiger partial charge in [0.15, 0.2) is 0 Å². The lowest BCUT2D eigenvalue weighted by molar-refractivity contribution is 0.0951. The molecule has 1 N–H and O–H groups in total. The summed E-state index contributed by atoms with van der Waals surface area (Å²) in [5.41, 5.74) is 3.00. The Balaban J connectivity index is 1.65. The zero-order chi connectivity index (χ0) is 22.4. The van der Waals surface area contributed by atoms with Gasteiger partial charge in [-0.2, -0.15) is 0 Å². The van der Waals surface area contributed by atoms with Gasteiger partial charge in [-0.15, -0.1) is 0 Å². The molecule has 0 fully saturated rings. The maximum atomic E-state index is 12.5. The van der Waals surface area contributed by atoms with Gasteiger partial charge < -0.3 is 5.32 Å². The summed E-state index contributed by atoms with van der Waals surface area (Å²) in [6.45, 7) is 2.76. The highest BCUT2D eigenvalue weighted by molar-refractivity contribution is 7.92. The Morgan fingerprint density at radius 2 is 1.58 bits per heavy atom. The molecule has 0 saturated heterocycles. The van der Waals surface area contributed by atoms with E-state index in [4.69, 9.17) is 11.6 Å². The Hall–Kier alpha value is -2.83. The van der Waals surface area contributed by atoms with E-state index in [2.05, 4.69) is 12.2 Å². The van der Waals surface area contributed by atoms with E-state index in [-0.39, 0.29) is 18.4 Å². The minimum Gasteiger partial charge on any atom is -0.351 e. The molecule has 0 bridgehead atoms. The monoisotopic (exact) mass is 456 g/mol. The molecule has 162 valence electrons. The number of hydrogen-bond acceptors (Lipinski definition) is 3. The van der Waals surface area contributed by atoms with Gasteiger partial charge in [0.25, 0.3) is 5.91 Å². The number of sulfonamides is 1. The number of rotatable bonds is 8. The summed E-state index contributed by atoms with van der Waals surface area (Å²) >= 11 is 5.91. The molecule has 0 aliphatic heterocycles. The number of hydrogen-bond donors (Lipinski definition) is 1. The predicted molar refractivity (Wildman–Crippen MR) is 126 cm³/mol. The van der Waals surface area contributed by atoms with Crippen molar-refractivity contribution in [1.82, 2.24) is 5.32 Å². The molecule has 0 aliphatic rings. The van der Waals surface area contributed by atoms with Crippen molar-refractivity contribution < 1.29 is 13.2 Å². The highest BCUT2D eigenvalue weighted by Crippen LogP contribution is 2.23. The molecule has 0 aliphatic carbocycles. The fourth-order valence-corrected chi connectivity index (χ4v) is 4.20. The van der Waals surface area contributed by atoms with Gasteiger partial charge in [-0.25, -0.2) is 8.42 Å². The number of nitrogens with one attached hydrogen (secondary N) is 1. The highest BCUT2D eigenvalue weighted by Gasteiger charge is 2.18. The Bertz CT molecular complexity index is 1120. The van der Waals surface area contributed by atoms with Crippen molar-refractivity contribution in [2.45, 2.75) is 19.4 Å². The largest absolute Gasteiger partial charge is 0.351 e. The van der Waals surface area contributed by atoms with Crippen LogP contribution >= 0.6 is 11.6 Å². The molecule has 0 heterocycles. The van der Waals surface area contributed by atoms with Crippen molar-refractivity contribution in [2.24, 2.45) is 0 Å². The van der Waals surface area contributed by atoms with Crippen LogP contribution in [0.1, 0.15) is 34.3 Å². The van der Waals surface area contributed by atoms with Crippen LogP contribution in [0.2, 0.25) is 5.02 Å². The van der Waals surface area contributed by atoms with Crippen LogP contribution in [0.25, 0.3) is 0 Å². The van der Waals surface area contributed by atoms with Crippen molar-refractivity contribution in [3.05, 3.63) is 101 Å². The Morgan fingerprint density at radius 3 is 2.16 bits per heavy atom. The van der Waals surface area contributed by atoms with Crippen LogP contribution in [0.3, 0.4) is 0 Å². The van der Waals surface area contributed by atoms with Gasteiger partial charge in [-0.3, -0.25) is 9.10 Å². The van der Waals surface area contributed by atoms with Crippen LogP contribution in [-0.2, 0) is 16.6 Å². The van der Waals surface area contributed by atoms with Gasteiger partial charge in [-0.1, -0.05) is 61.0 Å². The molecule has 3 aromatic carbocycles. The SMILES string of the molecule is C[C@H](CNC(=O)c1ccc(CN(c2ccc(Cl)cc2)S(C)(=O)=O)cc1)c1ccccc1. The maximum absolute atomic E-state index is 12.5. The van der Waals surface area contributed by atoms with Gasteiger partial charge >= 0.3 is 0 Å². The summed E-state index contributed by atoms with van der Waals surface area (Å²) in [4.78, 5) is 12.5. The van der Waals surface area contributed by atoms with Crippen LogP contribution in [0, 0.1) is 0 Å². The van der Waals surface area contributed by atoms with Gasteiger partial charge in [0, 0.05) is 17.1 Å². The number of nitrogens with zero attached hydrogens (tertiary/aromatic N) is 1. The number of carbonyl (C=O) groups excluding carboxylic acids is 1. The number of halogens is 1.